The summed E-state index contributed by atoms with van der Waals surface area (Å²) in [6, 6.07) is 8.64. The average molecular weight is 294 g/mol. The van der Waals surface area contributed by atoms with Crippen molar-refractivity contribution in [1.82, 2.24) is 14.1 Å². The lowest BCUT2D eigenvalue weighted by Gasteiger charge is -2.12. The monoisotopic (exact) mass is 294 g/mol. The van der Waals surface area contributed by atoms with Crippen molar-refractivity contribution in [1.29, 1.82) is 0 Å². The van der Waals surface area contributed by atoms with Crippen molar-refractivity contribution >= 4 is 15.7 Å². The number of nitrogens with zero attached hydrogens (tertiary/aromatic N) is 3. The molecule has 108 valence electrons. The van der Waals surface area contributed by atoms with E-state index in [4.69, 9.17) is 0 Å². The number of aromatic nitrogens is 2. The Labute approximate surface area is 119 Å². The Morgan fingerprint density at radius 2 is 1.85 bits per heavy atom. The largest absolute Gasteiger partial charge is 0.379 e. The predicted molar refractivity (Wildman–Crippen MR) is 77.8 cm³/mol. The molecular weight excluding hydrogens is 276 g/mol. The van der Waals surface area contributed by atoms with Crippen molar-refractivity contribution in [2.45, 2.75) is 11.4 Å². The van der Waals surface area contributed by atoms with Crippen molar-refractivity contribution < 1.29 is 8.42 Å². The molecule has 1 aromatic carbocycles. The maximum absolute atomic E-state index is 11.9. The number of sulfonamides is 1. The molecule has 0 saturated heterocycles. The van der Waals surface area contributed by atoms with Crippen molar-refractivity contribution in [3.63, 3.8) is 0 Å². The van der Waals surface area contributed by atoms with Gasteiger partial charge in [-0.05, 0) is 30.3 Å². The van der Waals surface area contributed by atoms with E-state index in [0.29, 0.717) is 6.54 Å². The van der Waals surface area contributed by atoms with Crippen molar-refractivity contribution in [3.05, 3.63) is 42.2 Å². The highest BCUT2D eigenvalue weighted by atomic mass is 32.2. The number of aryl methyl sites for hydroxylation is 1. The molecule has 1 aromatic heterocycles. The van der Waals surface area contributed by atoms with Crippen LogP contribution in [0.1, 0.15) is 5.69 Å². The minimum Gasteiger partial charge on any atom is -0.379 e. The Balaban J connectivity index is 2.08. The first-order valence-electron chi connectivity index (χ1n) is 6.14. The first kappa shape index (κ1) is 14.5. The summed E-state index contributed by atoms with van der Waals surface area (Å²) in [7, 11) is 1.55. The van der Waals surface area contributed by atoms with E-state index in [0.717, 1.165) is 11.4 Å². The van der Waals surface area contributed by atoms with Crippen LogP contribution in [0.5, 0.6) is 0 Å². The maximum atomic E-state index is 11.9. The number of rotatable bonds is 5. The fraction of sp³-hybridized carbons (Fsp3) is 0.308. The van der Waals surface area contributed by atoms with E-state index < -0.39 is 10.0 Å². The third-order valence-corrected chi connectivity index (χ3v) is 4.86. The summed E-state index contributed by atoms with van der Waals surface area (Å²) < 4.78 is 26.8. The zero-order chi connectivity index (χ0) is 14.8. The minimum absolute atomic E-state index is 0.286. The summed E-state index contributed by atoms with van der Waals surface area (Å²) in [6.07, 6.45) is 1.74. The topological polar surface area (TPSA) is 67.2 Å². The molecule has 0 aliphatic carbocycles. The van der Waals surface area contributed by atoms with Gasteiger partial charge in [0, 0.05) is 33.0 Å². The van der Waals surface area contributed by atoms with E-state index in [1.807, 2.05) is 13.1 Å². The molecule has 7 heteroatoms. The van der Waals surface area contributed by atoms with Crippen molar-refractivity contribution in [3.8, 4) is 0 Å². The fourth-order valence-electron chi connectivity index (χ4n) is 1.72. The second-order valence-corrected chi connectivity index (χ2v) is 6.76. The number of benzene rings is 1. The van der Waals surface area contributed by atoms with Crippen LogP contribution in [-0.4, -0.2) is 36.6 Å². The van der Waals surface area contributed by atoms with Gasteiger partial charge in [-0.25, -0.2) is 12.7 Å². The van der Waals surface area contributed by atoms with Crippen molar-refractivity contribution in [2.75, 3.05) is 19.4 Å². The molecule has 1 heterocycles. The quantitative estimate of drug-likeness (QED) is 0.902. The Morgan fingerprint density at radius 1 is 1.20 bits per heavy atom. The van der Waals surface area contributed by atoms with E-state index in [9.17, 15) is 8.42 Å². The Morgan fingerprint density at radius 3 is 2.35 bits per heavy atom. The lowest BCUT2D eigenvalue weighted by Crippen LogP contribution is -2.22. The smallest absolute Gasteiger partial charge is 0.242 e. The molecule has 20 heavy (non-hydrogen) atoms. The van der Waals surface area contributed by atoms with Gasteiger partial charge in [0.05, 0.1) is 17.1 Å². The summed E-state index contributed by atoms with van der Waals surface area (Å²) in [5.74, 6) is 0. The fourth-order valence-corrected chi connectivity index (χ4v) is 2.62. The molecule has 0 aliphatic heterocycles. The van der Waals surface area contributed by atoms with Crippen LogP contribution in [0.15, 0.2) is 41.4 Å². The van der Waals surface area contributed by atoms with Gasteiger partial charge in [0.2, 0.25) is 10.0 Å². The molecule has 0 saturated carbocycles. The third kappa shape index (κ3) is 3.00. The predicted octanol–water partition coefficient (Wildman–Crippen LogP) is 1.28. The van der Waals surface area contributed by atoms with Crippen LogP contribution in [0.4, 0.5) is 5.69 Å². The normalized spacial score (nSPS) is 11.8. The van der Waals surface area contributed by atoms with Crippen LogP contribution in [0.3, 0.4) is 0 Å². The van der Waals surface area contributed by atoms with E-state index >= 15 is 0 Å². The molecule has 6 nitrogen and oxygen atoms in total. The number of hydrogen-bond acceptors (Lipinski definition) is 4. The molecule has 0 unspecified atom stereocenters. The Bertz CT molecular complexity index is 675. The first-order chi connectivity index (χ1) is 9.41. The molecule has 0 radical (unpaired) electrons. The zero-order valence-corrected chi connectivity index (χ0v) is 12.6. The van der Waals surface area contributed by atoms with Gasteiger partial charge in [0.15, 0.2) is 0 Å². The number of nitrogens with one attached hydrogen (secondary N) is 1. The van der Waals surface area contributed by atoms with Gasteiger partial charge in [-0.15, -0.1) is 0 Å². The van der Waals surface area contributed by atoms with E-state index in [1.165, 1.54) is 18.4 Å². The summed E-state index contributed by atoms with van der Waals surface area (Å²) in [4.78, 5) is 0.286. The maximum Gasteiger partial charge on any atom is 0.242 e. The highest BCUT2D eigenvalue weighted by molar-refractivity contribution is 7.89. The highest BCUT2D eigenvalue weighted by Gasteiger charge is 2.16. The second-order valence-electron chi connectivity index (χ2n) is 4.61. The minimum atomic E-state index is -3.37. The van der Waals surface area contributed by atoms with E-state index in [-0.39, 0.29) is 4.90 Å². The Hall–Kier alpha value is -1.86. The van der Waals surface area contributed by atoms with Gasteiger partial charge in [-0.2, -0.15) is 5.10 Å². The second kappa shape index (κ2) is 5.64. The van der Waals surface area contributed by atoms with Gasteiger partial charge < -0.3 is 5.32 Å². The summed E-state index contributed by atoms with van der Waals surface area (Å²) >= 11 is 0. The summed E-state index contributed by atoms with van der Waals surface area (Å²) in [5, 5.41) is 7.31. The number of anilines is 1. The molecular formula is C13H18N4O2S. The van der Waals surface area contributed by atoms with Gasteiger partial charge in [-0.3, -0.25) is 4.68 Å². The molecule has 0 fully saturated rings. The van der Waals surface area contributed by atoms with Crippen LogP contribution in [0, 0.1) is 0 Å². The summed E-state index contributed by atoms with van der Waals surface area (Å²) in [6.45, 7) is 0.635. The lowest BCUT2D eigenvalue weighted by molar-refractivity contribution is 0.521. The van der Waals surface area contributed by atoms with E-state index in [1.54, 1.807) is 35.1 Å². The van der Waals surface area contributed by atoms with Gasteiger partial charge >= 0.3 is 0 Å². The molecule has 0 amide bonds. The molecule has 0 spiro atoms. The van der Waals surface area contributed by atoms with Gasteiger partial charge in [0.1, 0.15) is 0 Å². The van der Waals surface area contributed by atoms with Crippen LogP contribution in [-0.2, 0) is 23.6 Å². The molecule has 1 N–H and O–H groups in total. The molecule has 0 atom stereocenters. The van der Waals surface area contributed by atoms with E-state index in [2.05, 4.69) is 10.4 Å². The molecule has 0 bridgehead atoms. The Kier molecular flexibility index (Phi) is 4.10. The molecule has 2 rings (SSSR count). The zero-order valence-electron chi connectivity index (χ0n) is 11.7. The van der Waals surface area contributed by atoms with Crippen molar-refractivity contribution in [2.24, 2.45) is 7.05 Å². The van der Waals surface area contributed by atoms with Crippen LogP contribution in [0.2, 0.25) is 0 Å². The van der Waals surface area contributed by atoms with Crippen LogP contribution >= 0.6 is 0 Å². The van der Waals surface area contributed by atoms with Gasteiger partial charge in [-0.1, -0.05) is 0 Å². The average Bonchev–Trinajstić information content (AvgIpc) is 2.82. The first-order valence-corrected chi connectivity index (χ1v) is 7.58. The number of hydrogen-bond donors (Lipinski definition) is 1. The van der Waals surface area contributed by atoms with Gasteiger partial charge in [0.25, 0.3) is 0 Å². The molecule has 0 aliphatic rings. The van der Waals surface area contributed by atoms with Crippen LogP contribution in [0.25, 0.3) is 0 Å². The molecule has 2 aromatic rings. The summed E-state index contributed by atoms with van der Waals surface area (Å²) in [5.41, 5.74) is 1.92. The highest BCUT2D eigenvalue weighted by Crippen LogP contribution is 2.17. The SMILES string of the molecule is CN(C)S(=O)(=O)c1ccc(NCc2ccnn2C)cc1. The standard InChI is InChI=1S/C13H18N4O2S/c1-16(2)20(18,19)13-6-4-11(5-7-13)14-10-12-8-9-15-17(12)3/h4-9,14H,10H2,1-3H3. The van der Waals surface area contributed by atoms with Crippen LogP contribution < -0.4 is 5.32 Å². The third-order valence-electron chi connectivity index (χ3n) is 3.03. The lowest BCUT2D eigenvalue weighted by atomic mass is 10.3.